The van der Waals surface area contributed by atoms with Gasteiger partial charge in [0.1, 0.15) is 18.6 Å². The summed E-state index contributed by atoms with van der Waals surface area (Å²) in [6, 6.07) is -2.56. The molecule has 150 valence electrons. The van der Waals surface area contributed by atoms with Crippen LogP contribution in [0.4, 0.5) is 0 Å². The zero-order valence-corrected chi connectivity index (χ0v) is 15.6. The van der Waals surface area contributed by atoms with E-state index in [2.05, 4.69) is 16.0 Å². The molecule has 0 aromatic carbocycles. The summed E-state index contributed by atoms with van der Waals surface area (Å²) >= 11 is 0. The first-order valence-electron chi connectivity index (χ1n) is 8.66. The summed E-state index contributed by atoms with van der Waals surface area (Å²) in [7, 11) is 0. The van der Waals surface area contributed by atoms with Crippen LogP contribution in [0.3, 0.4) is 0 Å². The van der Waals surface area contributed by atoms with E-state index in [9.17, 15) is 19.2 Å². The van der Waals surface area contributed by atoms with Gasteiger partial charge in [-0.25, -0.2) is 0 Å². The lowest BCUT2D eigenvalue weighted by atomic mass is 10.0. The molecule has 3 amide bonds. The van der Waals surface area contributed by atoms with Crippen LogP contribution in [0, 0.1) is 5.92 Å². The van der Waals surface area contributed by atoms with Crippen molar-refractivity contribution in [3.05, 3.63) is 0 Å². The van der Waals surface area contributed by atoms with Gasteiger partial charge in [0.25, 0.3) is 0 Å². The molecule has 0 heterocycles. The third kappa shape index (κ3) is 9.33. The monoisotopic (exact) mass is 373 g/mol. The molecular weight excluding hydrogens is 342 g/mol. The number of carboxylic acid groups (broad SMARTS) is 1. The highest BCUT2D eigenvalue weighted by Gasteiger charge is 2.29. The second-order valence-corrected chi connectivity index (χ2v) is 6.48. The van der Waals surface area contributed by atoms with E-state index >= 15 is 0 Å². The minimum absolute atomic E-state index is 0.276. The van der Waals surface area contributed by atoms with Gasteiger partial charge < -0.3 is 32.5 Å². The predicted octanol–water partition coefficient (Wildman–Crippen LogP) is -1.71. The largest absolute Gasteiger partial charge is 0.480 e. The average molecular weight is 373 g/mol. The van der Waals surface area contributed by atoms with Crippen LogP contribution in [0.2, 0.25) is 0 Å². The van der Waals surface area contributed by atoms with E-state index in [1.54, 1.807) is 13.8 Å². The minimum atomic E-state index is -1.18. The average Bonchev–Trinajstić information content (AvgIpc) is 2.55. The van der Waals surface area contributed by atoms with Crippen LogP contribution in [0.5, 0.6) is 0 Å². The van der Waals surface area contributed by atoms with Crippen LogP contribution >= 0.6 is 0 Å². The fourth-order valence-electron chi connectivity index (χ4n) is 2.13. The fourth-order valence-corrected chi connectivity index (χ4v) is 2.13. The zero-order valence-electron chi connectivity index (χ0n) is 15.6. The van der Waals surface area contributed by atoms with Crippen LogP contribution in [-0.4, -0.2) is 60.0 Å². The third-order valence-electron chi connectivity index (χ3n) is 3.65. The summed E-state index contributed by atoms with van der Waals surface area (Å²) in [5, 5.41) is 16.0. The third-order valence-corrected chi connectivity index (χ3v) is 3.65. The van der Waals surface area contributed by atoms with Crippen molar-refractivity contribution in [2.45, 2.75) is 58.2 Å². The molecule has 0 spiro atoms. The van der Waals surface area contributed by atoms with Crippen LogP contribution in [0.25, 0.3) is 0 Å². The predicted molar refractivity (Wildman–Crippen MR) is 95.9 cm³/mol. The standard InChI is InChI=1S/C16H31N5O5/c1-9(2)13(16(26)19-8-12(22)23)21-15(25)11(6-4-5-7-17)20-14(24)10(3)18/h9-11,13H,4-8,17-18H2,1-3H3,(H,19,26)(H,20,24)(H,21,25)(H,22,23). The van der Waals surface area contributed by atoms with Crippen molar-refractivity contribution < 1.29 is 24.3 Å². The molecule has 3 unspecified atom stereocenters. The topological polar surface area (TPSA) is 177 Å². The van der Waals surface area contributed by atoms with Gasteiger partial charge in [0.05, 0.1) is 6.04 Å². The number of carboxylic acids is 1. The molecule has 10 nitrogen and oxygen atoms in total. The lowest BCUT2D eigenvalue weighted by Gasteiger charge is -2.25. The van der Waals surface area contributed by atoms with E-state index in [1.165, 1.54) is 6.92 Å². The van der Waals surface area contributed by atoms with Gasteiger partial charge in [-0.05, 0) is 38.6 Å². The Labute approximate surface area is 153 Å². The van der Waals surface area contributed by atoms with E-state index in [-0.39, 0.29) is 5.92 Å². The molecule has 0 saturated carbocycles. The molecule has 3 atom stereocenters. The number of carbonyl (C=O) groups is 4. The molecule has 0 aromatic heterocycles. The van der Waals surface area contributed by atoms with Crippen molar-refractivity contribution in [1.29, 1.82) is 0 Å². The number of unbranched alkanes of at least 4 members (excludes halogenated alkanes) is 1. The molecule has 0 aromatic rings. The van der Waals surface area contributed by atoms with Crippen molar-refractivity contribution in [2.75, 3.05) is 13.1 Å². The maximum absolute atomic E-state index is 12.6. The summed E-state index contributed by atoms with van der Waals surface area (Å²) in [6.45, 7) is 4.85. The second-order valence-electron chi connectivity index (χ2n) is 6.48. The van der Waals surface area contributed by atoms with Crippen molar-refractivity contribution >= 4 is 23.7 Å². The Balaban J connectivity index is 5.04. The molecule has 0 radical (unpaired) electrons. The molecule has 0 rings (SSSR count). The first-order valence-corrected chi connectivity index (χ1v) is 8.66. The summed E-state index contributed by atoms with van der Waals surface area (Å²) in [4.78, 5) is 47.1. The van der Waals surface area contributed by atoms with Crippen LogP contribution in [0.15, 0.2) is 0 Å². The number of rotatable bonds is 12. The smallest absolute Gasteiger partial charge is 0.322 e. The first kappa shape index (κ1) is 23.8. The van der Waals surface area contributed by atoms with Crippen molar-refractivity contribution in [3.63, 3.8) is 0 Å². The normalized spacial score (nSPS) is 14.2. The molecule has 10 heteroatoms. The Morgan fingerprint density at radius 2 is 1.58 bits per heavy atom. The van der Waals surface area contributed by atoms with Gasteiger partial charge >= 0.3 is 5.97 Å². The van der Waals surface area contributed by atoms with Crippen molar-refractivity contribution in [1.82, 2.24) is 16.0 Å². The lowest BCUT2D eigenvalue weighted by Crippen LogP contribution is -2.57. The van der Waals surface area contributed by atoms with Gasteiger partial charge in [0.2, 0.25) is 17.7 Å². The van der Waals surface area contributed by atoms with Crippen LogP contribution < -0.4 is 27.4 Å². The van der Waals surface area contributed by atoms with E-state index in [0.717, 1.165) is 0 Å². The van der Waals surface area contributed by atoms with E-state index < -0.39 is 48.4 Å². The Bertz CT molecular complexity index is 495. The highest BCUT2D eigenvalue weighted by Crippen LogP contribution is 2.06. The second kappa shape index (κ2) is 12.2. The highest BCUT2D eigenvalue weighted by atomic mass is 16.4. The van der Waals surface area contributed by atoms with Gasteiger partial charge in [0, 0.05) is 0 Å². The summed E-state index contributed by atoms with van der Waals surface area (Å²) in [5.41, 5.74) is 11.0. The molecular formula is C16H31N5O5. The molecule has 0 bridgehead atoms. The quantitative estimate of drug-likeness (QED) is 0.221. The van der Waals surface area contributed by atoms with Gasteiger partial charge in [-0.2, -0.15) is 0 Å². The minimum Gasteiger partial charge on any atom is -0.480 e. The number of nitrogens with two attached hydrogens (primary N) is 2. The molecule has 0 saturated heterocycles. The van der Waals surface area contributed by atoms with Gasteiger partial charge in [0.15, 0.2) is 0 Å². The van der Waals surface area contributed by atoms with E-state index in [1.807, 2.05) is 0 Å². The van der Waals surface area contributed by atoms with Gasteiger partial charge in [-0.3, -0.25) is 19.2 Å². The Morgan fingerprint density at radius 3 is 2.04 bits per heavy atom. The number of nitrogens with one attached hydrogen (secondary N) is 3. The SMILES string of the molecule is CC(N)C(=O)NC(CCCCN)C(=O)NC(C(=O)NCC(=O)O)C(C)C. The number of amides is 3. The summed E-state index contributed by atoms with van der Waals surface area (Å²) in [5.74, 6) is -3.07. The van der Waals surface area contributed by atoms with Crippen molar-refractivity contribution in [2.24, 2.45) is 17.4 Å². The number of carbonyl (C=O) groups excluding carboxylic acids is 3. The molecule has 0 aliphatic carbocycles. The van der Waals surface area contributed by atoms with Crippen LogP contribution in [-0.2, 0) is 19.2 Å². The molecule has 0 fully saturated rings. The maximum atomic E-state index is 12.6. The Hall–Kier alpha value is -2.20. The first-order chi connectivity index (χ1) is 12.1. The Kier molecular flexibility index (Phi) is 11.2. The van der Waals surface area contributed by atoms with Gasteiger partial charge in [-0.1, -0.05) is 13.8 Å². The summed E-state index contributed by atoms with van der Waals surface area (Å²) in [6.07, 6.45) is 1.65. The highest BCUT2D eigenvalue weighted by molar-refractivity contribution is 5.93. The van der Waals surface area contributed by atoms with Crippen LogP contribution in [0.1, 0.15) is 40.0 Å². The number of aliphatic carboxylic acids is 1. The molecule has 0 aliphatic heterocycles. The van der Waals surface area contributed by atoms with E-state index in [0.29, 0.717) is 25.8 Å². The molecule has 8 N–H and O–H groups in total. The van der Waals surface area contributed by atoms with Gasteiger partial charge in [-0.15, -0.1) is 0 Å². The maximum Gasteiger partial charge on any atom is 0.322 e. The fraction of sp³-hybridized carbons (Fsp3) is 0.750. The van der Waals surface area contributed by atoms with E-state index in [4.69, 9.17) is 16.6 Å². The summed E-state index contributed by atoms with van der Waals surface area (Å²) < 4.78 is 0. The lowest BCUT2D eigenvalue weighted by molar-refractivity contribution is -0.139. The molecule has 26 heavy (non-hydrogen) atoms. The zero-order chi connectivity index (χ0) is 20.3. The number of hydrogen-bond donors (Lipinski definition) is 6. The molecule has 0 aliphatic rings. The number of hydrogen-bond acceptors (Lipinski definition) is 6. The Morgan fingerprint density at radius 1 is 0.962 bits per heavy atom. The van der Waals surface area contributed by atoms with Crippen molar-refractivity contribution in [3.8, 4) is 0 Å².